The highest BCUT2D eigenvalue weighted by Gasteiger charge is 2.20. The van der Waals surface area contributed by atoms with Crippen LogP contribution < -0.4 is 14.8 Å². The summed E-state index contributed by atoms with van der Waals surface area (Å²) in [6.07, 6.45) is 8.78. The Bertz CT molecular complexity index is 924. The quantitative estimate of drug-likeness (QED) is 0.707. The molecule has 1 aliphatic heterocycles. The number of ether oxygens (including phenoxy) is 2. The van der Waals surface area contributed by atoms with E-state index in [0.717, 1.165) is 5.69 Å². The molecule has 3 aromatic rings. The van der Waals surface area contributed by atoms with Crippen LogP contribution in [0.15, 0.2) is 49.3 Å². The van der Waals surface area contributed by atoms with Crippen molar-refractivity contribution in [3.63, 3.8) is 0 Å². The average Bonchev–Trinajstić information content (AvgIpc) is 3.42. The predicted molar refractivity (Wildman–Crippen MR) is 103 cm³/mol. The number of amides is 2. The Kier molecular flexibility index (Phi) is 5.14. The first-order valence-electron chi connectivity index (χ1n) is 9.20. The van der Waals surface area contributed by atoms with E-state index in [0.29, 0.717) is 50.0 Å². The molecule has 0 aliphatic carbocycles. The molecule has 2 aromatic heterocycles. The molecule has 1 aromatic carbocycles. The molecule has 2 amide bonds. The number of nitrogens with zero attached hydrogens (tertiary/aromatic N) is 5. The van der Waals surface area contributed by atoms with Gasteiger partial charge < -0.3 is 24.3 Å². The SMILES string of the molecule is CCN(CCn1cccn1)C(=O)Nc1cc2c(cc1-n1ccnc1)OCCO2. The lowest BCUT2D eigenvalue weighted by Crippen LogP contribution is -2.37. The number of aromatic nitrogens is 4. The van der Waals surface area contributed by atoms with E-state index in [1.165, 1.54) is 0 Å². The van der Waals surface area contributed by atoms with Gasteiger partial charge in [0, 0.05) is 50.0 Å². The van der Waals surface area contributed by atoms with E-state index in [1.807, 2.05) is 36.0 Å². The fourth-order valence-corrected chi connectivity index (χ4v) is 3.05. The number of carbonyl (C=O) groups is 1. The van der Waals surface area contributed by atoms with E-state index in [4.69, 9.17) is 9.47 Å². The highest BCUT2D eigenvalue weighted by atomic mass is 16.6. The third-order valence-electron chi connectivity index (χ3n) is 4.51. The molecular weight excluding hydrogens is 360 g/mol. The van der Waals surface area contributed by atoms with Gasteiger partial charge in [-0.15, -0.1) is 0 Å². The van der Waals surface area contributed by atoms with Gasteiger partial charge in [0.2, 0.25) is 0 Å². The summed E-state index contributed by atoms with van der Waals surface area (Å²) in [7, 11) is 0. The number of rotatable bonds is 6. The minimum absolute atomic E-state index is 0.187. The number of benzene rings is 1. The van der Waals surface area contributed by atoms with Crippen molar-refractivity contribution in [3.05, 3.63) is 49.3 Å². The number of fused-ring (bicyclic) bond motifs is 1. The number of imidazole rings is 1. The number of urea groups is 1. The van der Waals surface area contributed by atoms with E-state index < -0.39 is 0 Å². The fraction of sp³-hybridized carbons (Fsp3) is 0.316. The Balaban J connectivity index is 1.56. The van der Waals surface area contributed by atoms with Crippen LogP contribution in [0.3, 0.4) is 0 Å². The van der Waals surface area contributed by atoms with E-state index in [2.05, 4.69) is 15.4 Å². The molecule has 0 radical (unpaired) electrons. The number of hydrogen-bond acceptors (Lipinski definition) is 5. The molecule has 1 N–H and O–H groups in total. The first kappa shape index (κ1) is 17.9. The first-order valence-corrected chi connectivity index (χ1v) is 9.20. The summed E-state index contributed by atoms with van der Waals surface area (Å²) in [4.78, 5) is 18.7. The van der Waals surface area contributed by atoms with Crippen LogP contribution in [-0.4, -0.2) is 56.6 Å². The van der Waals surface area contributed by atoms with Crippen molar-refractivity contribution in [2.45, 2.75) is 13.5 Å². The molecule has 3 heterocycles. The van der Waals surface area contributed by atoms with Crippen LogP contribution in [0.25, 0.3) is 5.69 Å². The predicted octanol–water partition coefficient (Wildman–Crippen LogP) is 2.39. The lowest BCUT2D eigenvalue weighted by atomic mass is 10.2. The van der Waals surface area contributed by atoms with Gasteiger partial charge in [-0.2, -0.15) is 5.10 Å². The Morgan fingerprint density at radius 1 is 1.21 bits per heavy atom. The summed E-state index contributed by atoms with van der Waals surface area (Å²) in [6.45, 7) is 4.69. The molecule has 0 fully saturated rings. The average molecular weight is 382 g/mol. The highest BCUT2D eigenvalue weighted by molar-refractivity contribution is 5.92. The van der Waals surface area contributed by atoms with Crippen LogP contribution in [-0.2, 0) is 6.54 Å². The van der Waals surface area contributed by atoms with Crippen molar-refractivity contribution in [2.24, 2.45) is 0 Å². The van der Waals surface area contributed by atoms with E-state index in [1.54, 1.807) is 34.4 Å². The van der Waals surface area contributed by atoms with E-state index in [-0.39, 0.29) is 6.03 Å². The van der Waals surface area contributed by atoms with Crippen LogP contribution >= 0.6 is 0 Å². The third kappa shape index (κ3) is 3.78. The summed E-state index contributed by atoms with van der Waals surface area (Å²) in [6, 6.07) is 5.32. The standard InChI is InChI=1S/C19H22N6O3/c1-2-23(8-9-25-6-3-4-21-25)19(26)22-15-12-17-18(28-11-10-27-17)13-16(15)24-7-5-20-14-24/h3-7,12-14H,2,8-11H2,1H3,(H,22,26). The number of carbonyl (C=O) groups excluding carboxylic acids is 1. The highest BCUT2D eigenvalue weighted by Crippen LogP contribution is 2.37. The second-order valence-corrected chi connectivity index (χ2v) is 6.26. The number of anilines is 1. The smallest absolute Gasteiger partial charge is 0.321 e. The largest absolute Gasteiger partial charge is 0.486 e. The zero-order valence-electron chi connectivity index (χ0n) is 15.6. The minimum Gasteiger partial charge on any atom is -0.486 e. The molecule has 0 spiro atoms. The van der Waals surface area contributed by atoms with Crippen LogP contribution in [0.1, 0.15) is 6.92 Å². The van der Waals surface area contributed by atoms with Crippen molar-refractivity contribution in [1.82, 2.24) is 24.2 Å². The second kappa shape index (κ2) is 8.03. The second-order valence-electron chi connectivity index (χ2n) is 6.26. The Hall–Kier alpha value is -3.49. The number of likely N-dealkylation sites (N-methyl/N-ethyl adjacent to an activating group) is 1. The van der Waals surface area contributed by atoms with E-state index in [9.17, 15) is 4.79 Å². The zero-order chi connectivity index (χ0) is 19.3. The molecule has 0 saturated heterocycles. The molecule has 0 unspecified atom stereocenters. The Labute approximate surface area is 162 Å². The first-order chi connectivity index (χ1) is 13.7. The Morgan fingerprint density at radius 3 is 2.71 bits per heavy atom. The lowest BCUT2D eigenvalue weighted by molar-refractivity contribution is 0.171. The van der Waals surface area contributed by atoms with Crippen LogP contribution in [0.4, 0.5) is 10.5 Å². The molecule has 28 heavy (non-hydrogen) atoms. The topological polar surface area (TPSA) is 86.4 Å². The maximum absolute atomic E-state index is 12.9. The van der Waals surface area contributed by atoms with Crippen LogP contribution in [0.2, 0.25) is 0 Å². The zero-order valence-corrected chi connectivity index (χ0v) is 15.6. The molecular formula is C19H22N6O3. The van der Waals surface area contributed by atoms with Gasteiger partial charge in [0.15, 0.2) is 11.5 Å². The van der Waals surface area contributed by atoms with E-state index >= 15 is 0 Å². The number of nitrogens with one attached hydrogen (secondary N) is 1. The normalized spacial score (nSPS) is 12.6. The molecule has 9 heteroatoms. The minimum atomic E-state index is -0.187. The molecule has 1 aliphatic rings. The molecule has 0 saturated carbocycles. The van der Waals surface area contributed by atoms with Gasteiger partial charge >= 0.3 is 6.03 Å². The molecule has 146 valence electrons. The number of hydrogen-bond donors (Lipinski definition) is 1. The Morgan fingerprint density at radius 2 is 2.04 bits per heavy atom. The van der Waals surface area contributed by atoms with Gasteiger partial charge in [-0.3, -0.25) is 4.68 Å². The van der Waals surface area contributed by atoms with Crippen LogP contribution in [0, 0.1) is 0 Å². The maximum atomic E-state index is 12.9. The summed E-state index contributed by atoms with van der Waals surface area (Å²) in [5.74, 6) is 1.27. The molecule has 9 nitrogen and oxygen atoms in total. The summed E-state index contributed by atoms with van der Waals surface area (Å²) >= 11 is 0. The van der Waals surface area contributed by atoms with Gasteiger partial charge in [-0.1, -0.05) is 0 Å². The monoisotopic (exact) mass is 382 g/mol. The van der Waals surface area contributed by atoms with Gasteiger partial charge in [0.25, 0.3) is 0 Å². The van der Waals surface area contributed by atoms with Gasteiger partial charge in [-0.05, 0) is 13.0 Å². The maximum Gasteiger partial charge on any atom is 0.321 e. The van der Waals surface area contributed by atoms with Gasteiger partial charge in [-0.25, -0.2) is 9.78 Å². The summed E-state index contributed by atoms with van der Waals surface area (Å²) in [5, 5.41) is 7.18. The summed E-state index contributed by atoms with van der Waals surface area (Å²) < 4.78 is 15.0. The van der Waals surface area contributed by atoms with Crippen LogP contribution in [0.5, 0.6) is 11.5 Å². The lowest BCUT2D eigenvalue weighted by Gasteiger charge is -2.24. The van der Waals surface area contributed by atoms with Gasteiger partial charge in [0.1, 0.15) is 13.2 Å². The van der Waals surface area contributed by atoms with Crippen molar-refractivity contribution in [3.8, 4) is 17.2 Å². The van der Waals surface area contributed by atoms with Crippen molar-refractivity contribution in [2.75, 3.05) is 31.6 Å². The molecule has 4 rings (SSSR count). The van der Waals surface area contributed by atoms with Gasteiger partial charge in [0.05, 0.1) is 24.2 Å². The fourth-order valence-electron chi connectivity index (χ4n) is 3.05. The summed E-state index contributed by atoms with van der Waals surface area (Å²) in [5.41, 5.74) is 1.39. The van der Waals surface area contributed by atoms with Crippen molar-refractivity contribution < 1.29 is 14.3 Å². The van der Waals surface area contributed by atoms with Crippen molar-refractivity contribution >= 4 is 11.7 Å². The molecule has 0 atom stereocenters. The van der Waals surface area contributed by atoms with Crippen molar-refractivity contribution in [1.29, 1.82) is 0 Å². The third-order valence-corrected chi connectivity index (χ3v) is 4.51. The molecule has 0 bridgehead atoms.